The molecule has 3 rings (SSSR count). The van der Waals surface area contributed by atoms with Crippen LogP contribution in [0.25, 0.3) is 6.08 Å². The fourth-order valence-corrected chi connectivity index (χ4v) is 2.29. The topological polar surface area (TPSA) is 49.4 Å². The molecule has 3 amide bonds. The van der Waals surface area contributed by atoms with Crippen molar-refractivity contribution >= 4 is 35.3 Å². The van der Waals surface area contributed by atoms with Gasteiger partial charge in [0.2, 0.25) is 0 Å². The van der Waals surface area contributed by atoms with Gasteiger partial charge in [-0.05, 0) is 42.0 Å². The van der Waals surface area contributed by atoms with Crippen molar-refractivity contribution in [1.82, 2.24) is 5.32 Å². The molecule has 1 aliphatic heterocycles. The molecule has 22 heavy (non-hydrogen) atoms. The van der Waals surface area contributed by atoms with Crippen LogP contribution in [0, 0.1) is 5.82 Å². The van der Waals surface area contributed by atoms with E-state index in [1.54, 1.807) is 18.2 Å². The Hall–Kier alpha value is -2.66. The summed E-state index contributed by atoms with van der Waals surface area (Å²) < 4.78 is 12.9. The predicted molar refractivity (Wildman–Crippen MR) is 81.8 cm³/mol. The van der Waals surface area contributed by atoms with Crippen molar-refractivity contribution in [2.24, 2.45) is 0 Å². The van der Waals surface area contributed by atoms with Gasteiger partial charge in [-0.3, -0.25) is 4.79 Å². The minimum absolute atomic E-state index is 0.122. The van der Waals surface area contributed by atoms with Crippen LogP contribution in [0.4, 0.5) is 14.9 Å². The molecule has 4 nitrogen and oxygen atoms in total. The Labute approximate surface area is 130 Å². The van der Waals surface area contributed by atoms with Crippen molar-refractivity contribution in [2.45, 2.75) is 0 Å². The summed E-state index contributed by atoms with van der Waals surface area (Å²) in [7, 11) is 0. The Morgan fingerprint density at radius 3 is 2.50 bits per heavy atom. The Morgan fingerprint density at radius 2 is 1.82 bits per heavy atom. The lowest BCUT2D eigenvalue weighted by molar-refractivity contribution is -0.113. The quantitative estimate of drug-likeness (QED) is 0.680. The highest BCUT2D eigenvalue weighted by atomic mass is 35.5. The number of nitrogens with one attached hydrogen (secondary N) is 1. The fourth-order valence-electron chi connectivity index (χ4n) is 2.11. The van der Waals surface area contributed by atoms with Crippen molar-refractivity contribution in [3.8, 4) is 0 Å². The van der Waals surface area contributed by atoms with E-state index in [-0.39, 0.29) is 11.5 Å². The third kappa shape index (κ3) is 2.71. The van der Waals surface area contributed by atoms with E-state index in [0.29, 0.717) is 16.3 Å². The van der Waals surface area contributed by atoms with Crippen molar-refractivity contribution in [3.05, 3.63) is 70.6 Å². The lowest BCUT2D eigenvalue weighted by Gasteiger charge is -2.11. The first-order valence-corrected chi connectivity index (χ1v) is 6.81. The number of amides is 3. The number of imide groups is 1. The van der Waals surface area contributed by atoms with Crippen LogP contribution in [0.5, 0.6) is 0 Å². The number of hydrogen-bond donors (Lipinski definition) is 1. The van der Waals surface area contributed by atoms with Crippen molar-refractivity contribution in [1.29, 1.82) is 0 Å². The van der Waals surface area contributed by atoms with Crippen molar-refractivity contribution < 1.29 is 14.0 Å². The lowest BCUT2D eigenvalue weighted by atomic mass is 10.2. The molecule has 1 fully saturated rings. The summed E-state index contributed by atoms with van der Waals surface area (Å²) >= 11 is 5.88. The monoisotopic (exact) mass is 316 g/mol. The maximum absolute atomic E-state index is 12.9. The van der Waals surface area contributed by atoms with Crippen LogP contribution in [0.3, 0.4) is 0 Å². The van der Waals surface area contributed by atoms with Crippen LogP contribution < -0.4 is 10.2 Å². The van der Waals surface area contributed by atoms with Crippen LogP contribution in [0.1, 0.15) is 5.56 Å². The molecule has 0 bridgehead atoms. The number of urea groups is 1. The number of carbonyl (C=O) groups is 2. The van der Waals surface area contributed by atoms with E-state index in [2.05, 4.69) is 5.32 Å². The maximum atomic E-state index is 12.9. The zero-order valence-corrected chi connectivity index (χ0v) is 12.0. The largest absolute Gasteiger partial charge is 0.333 e. The number of nitrogens with zero attached hydrogens (tertiary/aromatic N) is 1. The second kappa shape index (κ2) is 5.61. The summed E-state index contributed by atoms with van der Waals surface area (Å²) in [5.41, 5.74) is 1.12. The fraction of sp³-hybridized carbons (Fsp3) is 0. The average molecular weight is 317 g/mol. The van der Waals surface area contributed by atoms with E-state index < -0.39 is 11.9 Å². The number of halogens is 2. The molecule has 2 aromatic carbocycles. The second-order valence-corrected chi connectivity index (χ2v) is 5.10. The highest BCUT2D eigenvalue weighted by Gasteiger charge is 2.34. The van der Waals surface area contributed by atoms with Gasteiger partial charge in [0.05, 0.1) is 5.69 Å². The Morgan fingerprint density at radius 1 is 1.09 bits per heavy atom. The first-order chi connectivity index (χ1) is 10.5. The molecular formula is C16H10ClFN2O2. The summed E-state index contributed by atoms with van der Waals surface area (Å²) in [5, 5.41) is 2.92. The van der Waals surface area contributed by atoms with E-state index in [4.69, 9.17) is 11.6 Å². The van der Waals surface area contributed by atoms with Crippen LogP contribution in [-0.2, 0) is 4.79 Å². The molecule has 0 unspecified atom stereocenters. The van der Waals surface area contributed by atoms with Gasteiger partial charge in [0.25, 0.3) is 5.91 Å². The number of hydrogen-bond acceptors (Lipinski definition) is 2. The van der Waals surface area contributed by atoms with Crippen molar-refractivity contribution in [3.63, 3.8) is 0 Å². The summed E-state index contributed by atoms with van der Waals surface area (Å²) in [6.45, 7) is 0. The average Bonchev–Trinajstić information content (AvgIpc) is 2.76. The standard InChI is InChI=1S/C16H10ClFN2O2/c17-11-2-1-3-13(9-11)20-15(21)14(19-16(20)22)8-10-4-6-12(18)7-5-10/h1-9H,(H,19,22)/b14-8-. The van der Waals surface area contributed by atoms with Gasteiger partial charge in [-0.25, -0.2) is 14.1 Å². The molecule has 2 aromatic rings. The van der Waals surface area contributed by atoms with E-state index >= 15 is 0 Å². The summed E-state index contributed by atoms with van der Waals surface area (Å²) in [4.78, 5) is 25.4. The smallest absolute Gasteiger partial charge is 0.302 e. The lowest BCUT2D eigenvalue weighted by Crippen LogP contribution is -2.30. The molecule has 0 atom stereocenters. The molecule has 1 N–H and O–H groups in total. The number of carbonyl (C=O) groups excluding carboxylic acids is 2. The predicted octanol–water partition coefficient (Wildman–Crippen LogP) is 3.58. The molecule has 0 saturated carbocycles. The molecule has 0 radical (unpaired) electrons. The van der Waals surface area contributed by atoms with Gasteiger partial charge in [-0.1, -0.05) is 29.8 Å². The number of benzene rings is 2. The molecule has 0 aliphatic carbocycles. The minimum atomic E-state index is -0.555. The third-order valence-corrected chi connectivity index (χ3v) is 3.36. The van der Waals surface area contributed by atoms with Gasteiger partial charge in [0.1, 0.15) is 11.5 Å². The van der Waals surface area contributed by atoms with Gasteiger partial charge >= 0.3 is 6.03 Å². The molecule has 0 spiro atoms. The second-order valence-electron chi connectivity index (χ2n) is 4.66. The zero-order valence-electron chi connectivity index (χ0n) is 11.2. The first kappa shape index (κ1) is 14.3. The Bertz CT molecular complexity index is 787. The minimum Gasteiger partial charge on any atom is -0.302 e. The number of rotatable bonds is 2. The summed E-state index contributed by atoms with van der Waals surface area (Å²) in [6, 6.07) is 11.5. The van der Waals surface area contributed by atoms with Gasteiger partial charge in [0, 0.05) is 5.02 Å². The molecule has 110 valence electrons. The molecule has 6 heteroatoms. The van der Waals surface area contributed by atoms with Gasteiger partial charge < -0.3 is 5.32 Å². The zero-order chi connectivity index (χ0) is 15.7. The molecular weight excluding hydrogens is 307 g/mol. The van der Waals surface area contributed by atoms with Gasteiger partial charge in [0.15, 0.2) is 0 Å². The highest BCUT2D eigenvalue weighted by Crippen LogP contribution is 2.24. The summed E-state index contributed by atoms with van der Waals surface area (Å²) in [5.74, 6) is -0.860. The third-order valence-electron chi connectivity index (χ3n) is 3.13. The SMILES string of the molecule is O=C1N/C(=C\c2ccc(F)cc2)C(=O)N1c1cccc(Cl)c1. The van der Waals surface area contributed by atoms with E-state index in [0.717, 1.165) is 4.90 Å². The first-order valence-electron chi connectivity index (χ1n) is 6.43. The normalized spacial score (nSPS) is 16.3. The Kier molecular flexibility index (Phi) is 3.65. The van der Waals surface area contributed by atoms with Gasteiger partial charge in [-0.15, -0.1) is 0 Å². The van der Waals surface area contributed by atoms with E-state index in [9.17, 15) is 14.0 Å². The van der Waals surface area contributed by atoms with Crippen LogP contribution in [0.15, 0.2) is 54.2 Å². The molecule has 1 saturated heterocycles. The van der Waals surface area contributed by atoms with Crippen molar-refractivity contribution in [2.75, 3.05) is 4.90 Å². The van der Waals surface area contributed by atoms with E-state index in [1.807, 2.05) is 0 Å². The maximum Gasteiger partial charge on any atom is 0.333 e. The Balaban J connectivity index is 1.93. The summed E-state index contributed by atoms with van der Waals surface area (Å²) in [6.07, 6.45) is 1.49. The van der Waals surface area contributed by atoms with Gasteiger partial charge in [-0.2, -0.15) is 0 Å². The molecule has 1 aliphatic rings. The highest BCUT2D eigenvalue weighted by molar-refractivity contribution is 6.32. The van der Waals surface area contributed by atoms with Crippen LogP contribution in [-0.4, -0.2) is 11.9 Å². The molecule has 1 heterocycles. The molecule has 0 aromatic heterocycles. The number of anilines is 1. The van der Waals surface area contributed by atoms with E-state index in [1.165, 1.54) is 36.4 Å². The van der Waals surface area contributed by atoms with Crippen LogP contribution in [0.2, 0.25) is 5.02 Å². The van der Waals surface area contributed by atoms with Crippen LogP contribution >= 0.6 is 11.6 Å².